The Morgan fingerprint density at radius 3 is 2.81 bits per heavy atom. The van der Waals surface area contributed by atoms with E-state index in [9.17, 15) is 18.5 Å². The van der Waals surface area contributed by atoms with Crippen molar-refractivity contribution in [1.82, 2.24) is 10.0 Å². The minimum absolute atomic E-state index is 0.166. The fourth-order valence-electron chi connectivity index (χ4n) is 2.46. The van der Waals surface area contributed by atoms with Gasteiger partial charge in [0.2, 0.25) is 10.0 Å². The lowest BCUT2D eigenvalue weighted by atomic mass is 10.2. The fraction of sp³-hybridized carbons (Fsp3) is 0.538. The van der Waals surface area contributed by atoms with E-state index in [0.717, 1.165) is 25.8 Å². The average Bonchev–Trinajstić information content (AvgIpc) is 2.91. The van der Waals surface area contributed by atoms with E-state index in [-0.39, 0.29) is 17.0 Å². The zero-order chi connectivity index (χ0) is 15.3. The maximum absolute atomic E-state index is 12.0. The number of rotatable bonds is 7. The van der Waals surface area contributed by atoms with Crippen molar-refractivity contribution in [2.45, 2.75) is 31.1 Å². The van der Waals surface area contributed by atoms with Crippen LogP contribution >= 0.6 is 0 Å². The first-order chi connectivity index (χ1) is 9.98. The van der Waals surface area contributed by atoms with Gasteiger partial charge in [-0.25, -0.2) is 13.1 Å². The van der Waals surface area contributed by atoms with Crippen molar-refractivity contribution in [2.75, 3.05) is 13.1 Å². The summed E-state index contributed by atoms with van der Waals surface area (Å²) in [5, 5.41) is 14.2. The van der Waals surface area contributed by atoms with Gasteiger partial charge >= 0.3 is 0 Å². The topological polar surface area (TPSA) is 101 Å². The average molecular weight is 313 g/mol. The molecule has 2 N–H and O–H groups in total. The van der Waals surface area contributed by atoms with E-state index in [1.807, 2.05) is 0 Å². The van der Waals surface area contributed by atoms with E-state index in [2.05, 4.69) is 10.0 Å². The number of hydrogen-bond donors (Lipinski definition) is 2. The molecule has 1 atom stereocenters. The molecule has 0 aromatic heterocycles. The second-order valence-corrected chi connectivity index (χ2v) is 6.93. The van der Waals surface area contributed by atoms with Crippen molar-refractivity contribution < 1.29 is 13.3 Å². The van der Waals surface area contributed by atoms with Gasteiger partial charge in [-0.15, -0.1) is 0 Å². The van der Waals surface area contributed by atoms with Gasteiger partial charge < -0.3 is 5.32 Å². The van der Waals surface area contributed by atoms with E-state index in [4.69, 9.17) is 0 Å². The van der Waals surface area contributed by atoms with Gasteiger partial charge in [0.15, 0.2) is 0 Å². The molecule has 1 aromatic carbocycles. The summed E-state index contributed by atoms with van der Waals surface area (Å²) in [6.07, 6.45) is 2.91. The molecule has 1 aliphatic rings. The van der Waals surface area contributed by atoms with Gasteiger partial charge in [0.05, 0.1) is 10.7 Å². The molecule has 116 valence electrons. The summed E-state index contributed by atoms with van der Waals surface area (Å²) in [6, 6.07) is 6.26. The van der Waals surface area contributed by atoms with Crippen molar-refractivity contribution in [3.05, 3.63) is 39.9 Å². The maximum atomic E-state index is 12.0. The largest absolute Gasteiger partial charge is 0.314 e. The molecule has 1 unspecified atom stereocenters. The first-order valence-corrected chi connectivity index (χ1v) is 8.56. The van der Waals surface area contributed by atoms with Crippen LogP contribution in [-0.2, 0) is 15.8 Å². The Kier molecular flexibility index (Phi) is 5.27. The number of nitrogens with zero attached hydrogens (tertiary/aromatic N) is 1. The van der Waals surface area contributed by atoms with Crippen molar-refractivity contribution >= 4 is 15.7 Å². The van der Waals surface area contributed by atoms with E-state index in [0.29, 0.717) is 12.6 Å². The molecule has 0 bridgehead atoms. The lowest BCUT2D eigenvalue weighted by molar-refractivity contribution is -0.385. The zero-order valence-corrected chi connectivity index (χ0v) is 12.4. The molecule has 0 amide bonds. The van der Waals surface area contributed by atoms with E-state index >= 15 is 0 Å². The number of benzene rings is 1. The van der Waals surface area contributed by atoms with Gasteiger partial charge in [0, 0.05) is 24.2 Å². The molecule has 1 heterocycles. The summed E-state index contributed by atoms with van der Waals surface area (Å²) in [6.45, 7) is 1.33. The highest BCUT2D eigenvalue weighted by Gasteiger charge is 2.20. The summed E-state index contributed by atoms with van der Waals surface area (Å²) in [4.78, 5) is 10.3. The van der Waals surface area contributed by atoms with Crippen molar-refractivity contribution in [2.24, 2.45) is 0 Å². The number of nitro benzene ring substituents is 1. The molecule has 0 radical (unpaired) electrons. The number of hydrogen-bond acceptors (Lipinski definition) is 5. The van der Waals surface area contributed by atoms with Crippen LogP contribution in [-0.4, -0.2) is 32.5 Å². The van der Waals surface area contributed by atoms with Gasteiger partial charge in [-0.05, 0) is 25.8 Å². The molecule has 1 fully saturated rings. The Hall–Kier alpha value is -1.51. The van der Waals surface area contributed by atoms with Gasteiger partial charge in [0.25, 0.3) is 5.69 Å². The summed E-state index contributed by atoms with van der Waals surface area (Å²) in [5.41, 5.74) is 0.0364. The van der Waals surface area contributed by atoms with E-state index in [1.54, 1.807) is 6.07 Å². The second kappa shape index (κ2) is 6.97. The maximum Gasteiger partial charge on any atom is 0.273 e. The van der Waals surface area contributed by atoms with Crippen LogP contribution in [0.3, 0.4) is 0 Å². The molecule has 2 rings (SSSR count). The zero-order valence-electron chi connectivity index (χ0n) is 11.6. The lowest BCUT2D eigenvalue weighted by Gasteiger charge is -2.11. The number of nitrogens with one attached hydrogen (secondary N) is 2. The molecule has 0 saturated carbocycles. The Morgan fingerprint density at radius 1 is 1.38 bits per heavy atom. The fourth-order valence-corrected chi connectivity index (χ4v) is 3.64. The van der Waals surface area contributed by atoms with Crippen molar-refractivity contribution in [1.29, 1.82) is 0 Å². The molecule has 21 heavy (non-hydrogen) atoms. The molecular formula is C13H19N3O4S. The van der Waals surface area contributed by atoms with Crippen LogP contribution in [0.25, 0.3) is 0 Å². The molecule has 1 aromatic rings. The van der Waals surface area contributed by atoms with Gasteiger partial charge in [-0.2, -0.15) is 0 Å². The van der Waals surface area contributed by atoms with Gasteiger partial charge in [-0.3, -0.25) is 10.1 Å². The Balaban J connectivity index is 1.92. The highest BCUT2D eigenvalue weighted by Crippen LogP contribution is 2.19. The van der Waals surface area contributed by atoms with Crippen LogP contribution < -0.4 is 10.0 Å². The van der Waals surface area contributed by atoms with Gasteiger partial charge in [-0.1, -0.05) is 18.2 Å². The molecule has 0 spiro atoms. The van der Waals surface area contributed by atoms with Crippen molar-refractivity contribution in [3.8, 4) is 0 Å². The number of para-hydroxylation sites is 1. The molecule has 7 nitrogen and oxygen atoms in total. The summed E-state index contributed by atoms with van der Waals surface area (Å²) < 4.78 is 26.5. The van der Waals surface area contributed by atoms with Crippen LogP contribution in [0.1, 0.15) is 24.8 Å². The second-order valence-electron chi connectivity index (χ2n) is 5.12. The molecule has 1 saturated heterocycles. The standard InChI is InChI=1S/C13H19N3O4S/c17-16(18)13-6-2-1-4-11(13)10-21(19,20)15-9-7-12-5-3-8-14-12/h1-2,4,6,12,14-15H,3,5,7-10H2. The minimum Gasteiger partial charge on any atom is -0.314 e. The minimum atomic E-state index is -3.56. The molecular weight excluding hydrogens is 294 g/mol. The predicted octanol–water partition coefficient (Wildman–Crippen LogP) is 1.16. The Labute approximate surface area is 123 Å². The van der Waals surface area contributed by atoms with Crippen LogP contribution in [0.2, 0.25) is 0 Å². The van der Waals surface area contributed by atoms with E-state index in [1.165, 1.54) is 18.2 Å². The smallest absolute Gasteiger partial charge is 0.273 e. The Morgan fingerprint density at radius 2 is 2.14 bits per heavy atom. The quantitative estimate of drug-likeness (QED) is 0.581. The first-order valence-electron chi connectivity index (χ1n) is 6.91. The number of nitro groups is 1. The number of sulfonamides is 1. The summed E-state index contributed by atoms with van der Waals surface area (Å²) in [7, 11) is -3.56. The first kappa shape index (κ1) is 15.9. The van der Waals surface area contributed by atoms with Crippen LogP contribution in [0, 0.1) is 10.1 Å². The molecule has 0 aliphatic carbocycles. The molecule has 1 aliphatic heterocycles. The highest BCUT2D eigenvalue weighted by molar-refractivity contribution is 7.88. The van der Waals surface area contributed by atoms with Gasteiger partial charge in [0.1, 0.15) is 0 Å². The summed E-state index contributed by atoms with van der Waals surface area (Å²) >= 11 is 0. The monoisotopic (exact) mass is 313 g/mol. The predicted molar refractivity (Wildman–Crippen MR) is 79.4 cm³/mol. The Bertz CT molecular complexity index is 597. The lowest BCUT2D eigenvalue weighted by Crippen LogP contribution is -2.31. The third-order valence-electron chi connectivity index (χ3n) is 3.51. The SMILES string of the molecule is O=[N+]([O-])c1ccccc1CS(=O)(=O)NCCC1CCCN1. The van der Waals surface area contributed by atoms with Crippen molar-refractivity contribution in [3.63, 3.8) is 0 Å². The van der Waals surface area contributed by atoms with Crippen LogP contribution in [0.4, 0.5) is 5.69 Å². The third-order valence-corrected chi connectivity index (χ3v) is 4.85. The normalized spacial score (nSPS) is 18.8. The molecule has 8 heteroatoms. The van der Waals surface area contributed by atoms with E-state index < -0.39 is 14.9 Å². The third kappa shape index (κ3) is 4.76. The van der Waals surface area contributed by atoms with Crippen LogP contribution in [0.15, 0.2) is 24.3 Å². The highest BCUT2D eigenvalue weighted by atomic mass is 32.2. The van der Waals surface area contributed by atoms with Crippen LogP contribution in [0.5, 0.6) is 0 Å². The summed E-state index contributed by atoms with van der Waals surface area (Å²) in [5.74, 6) is -0.373.